The van der Waals surface area contributed by atoms with Gasteiger partial charge in [-0.15, -0.1) is 0 Å². The van der Waals surface area contributed by atoms with Gasteiger partial charge in [0.2, 0.25) is 0 Å². The highest BCUT2D eigenvalue weighted by Gasteiger charge is 2.04. The van der Waals surface area contributed by atoms with E-state index in [-0.39, 0.29) is 6.03 Å². The maximum atomic E-state index is 11.5. The van der Waals surface area contributed by atoms with Crippen molar-refractivity contribution in [1.82, 2.24) is 5.32 Å². The van der Waals surface area contributed by atoms with E-state index in [9.17, 15) is 4.79 Å². The topological polar surface area (TPSA) is 41.1 Å². The second-order valence-corrected chi connectivity index (χ2v) is 5.13. The first-order valence-corrected chi connectivity index (χ1v) is 6.72. The predicted octanol–water partition coefficient (Wildman–Crippen LogP) is 4.13. The fraction of sp³-hybridized carbons (Fsp3) is 0.364. The SMILES string of the molecule is CCCCNC(=O)Nc1cc(Br)ccc1Br. The summed E-state index contributed by atoms with van der Waals surface area (Å²) in [6.07, 6.45) is 2.06. The van der Waals surface area contributed by atoms with Crippen molar-refractivity contribution in [2.24, 2.45) is 0 Å². The van der Waals surface area contributed by atoms with Gasteiger partial charge in [0, 0.05) is 15.5 Å². The molecule has 0 unspecified atom stereocenters. The minimum atomic E-state index is -0.174. The predicted molar refractivity (Wildman–Crippen MR) is 73.8 cm³/mol. The third-order valence-corrected chi connectivity index (χ3v) is 3.18. The molecule has 0 bridgehead atoms. The molecule has 0 spiro atoms. The summed E-state index contributed by atoms with van der Waals surface area (Å²) in [6, 6.07) is 5.46. The van der Waals surface area contributed by atoms with Crippen LogP contribution < -0.4 is 10.6 Å². The van der Waals surface area contributed by atoms with E-state index in [0.29, 0.717) is 6.54 Å². The Hall–Kier alpha value is -0.550. The number of halogens is 2. The molecule has 0 aromatic heterocycles. The van der Waals surface area contributed by atoms with Crippen LogP contribution in [0.15, 0.2) is 27.1 Å². The number of carbonyl (C=O) groups is 1. The zero-order valence-corrected chi connectivity index (χ0v) is 12.2. The molecular formula is C11H14Br2N2O. The van der Waals surface area contributed by atoms with E-state index in [2.05, 4.69) is 49.4 Å². The highest BCUT2D eigenvalue weighted by atomic mass is 79.9. The van der Waals surface area contributed by atoms with Crippen LogP contribution in [-0.4, -0.2) is 12.6 Å². The number of anilines is 1. The fourth-order valence-electron chi connectivity index (χ4n) is 1.14. The van der Waals surface area contributed by atoms with Crippen LogP contribution in [-0.2, 0) is 0 Å². The van der Waals surface area contributed by atoms with Crippen molar-refractivity contribution in [2.75, 3.05) is 11.9 Å². The van der Waals surface area contributed by atoms with E-state index in [4.69, 9.17) is 0 Å². The van der Waals surface area contributed by atoms with Gasteiger partial charge in [-0.05, 0) is 40.5 Å². The molecule has 0 fully saturated rings. The van der Waals surface area contributed by atoms with Gasteiger partial charge in [0.15, 0.2) is 0 Å². The number of benzene rings is 1. The Morgan fingerprint density at radius 1 is 1.38 bits per heavy atom. The zero-order valence-electron chi connectivity index (χ0n) is 9.02. The molecule has 5 heteroatoms. The maximum Gasteiger partial charge on any atom is 0.319 e. The summed E-state index contributed by atoms with van der Waals surface area (Å²) in [6.45, 7) is 2.79. The van der Waals surface area contributed by atoms with Crippen LogP contribution in [0.4, 0.5) is 10.5 Å². The molecule has 0 atom stereocenters. The number of rotatable bonds is 4. The van der Waals surface area contributed by atoms with Crippen LogP contribution in [0.2, 0.25) is 0 Å². The molecule has 0 saturated heterocycles. The number of urea groups is 1. The number of hydrogen-bond donors (Lipinski definition) is 2. The molecule has 0 heterocycles. The zero-order chi connectivity index (χ0) is 12.0. The molecule has 88 valence electrons. The molecule has 16 heavy (non-hydrogen) atoms. The normalized spacial score (nSPS) is 9.94. The minimum absolute atomic E-state index is 0.174. The Bertz CT molecular complexity index is 369. The lowest BCUT2D eigenvalue weighted by Gasteiger charge is -2.09. The van der Waals surface area contributed by atoms with Crippen LogP contribution in [0.1, 0.15) is 19.8 Å². The molecule has 0 saturated carbocycles. The second kappa shape index (κ2) is 6.91. The Morgan fingerprint density at radius 2 is 2.12 bits per heavy atom. The lowest BCUT2D eigenvalue weighted by atomic mass is 10.3. The van der Waals surface area contributed by atoms with Gasteiger partial charge in [-0.3, -0.25) is 0 Å². The number of hydrogen-bond acceptors (Lipinski definition) is 1. The fourth-order valence-corrected chi connectivity index (χ4v) is 1.85. The largest absolute Gasteiger partial charge is 0.338 e. The highest BCUT2D eigenvalue weighted by Crippen LogP contribution is 2.25. The summed E-state index contributed by atoms with van der Waals surface area (Å²) in [5.74, 6) is 0. The van der Waals surface area contributed by atoms with E-state index < -0.39 is 0 Å². The summed E-state index contributed by atoms with van der Waals surface area (Å²) in [4.78, 5) is 11.5. The van der Waals surface area contributed by atoms with Crippen LogP contribution in [0.3, 0.4) is 0 Å². The molecule has 1 aromatic carbocycles. The molecule has 0 aliphatic rings. The first-order chi connectivity index (χ1) is 7.63. The van der Waals surface area contributed by atoms with E-state index in [1.807, 2.05) is 18.2 Å². The van der Waals surface area contributed by atoms with Gasteiger partial charge in [0.1, 0.15) is 0 Å². The van der Waals surface area contributed by atoms with Gasteiger partial charge < -0.3 is 10.6 Å². The summed E-state index contributed by atoms with van der Waals surface area (Å²) < 4.78 is 1.79. The van der Waals surface area contributed by atoms with Gasteiger partial charge in [-0.1, -0.05) is 29.3 Å². The van der Waals surface area contributed by atoms with E-state index in [1.54, 1.807) is 0 Å². The van der Waals surface area contributed by atoms with Crippen molar-refractivity contribution in [3.8, 4) is 0 Å². The monoisotopic (exact) mass is 348 g/mol. The Balaban J connectivity index is 2.52. The smallest absolute Gasteiger partial charge is 0.319 e. The van der Waals surface area contributed by atoms with Crippen LogP contribution in [0, 0.1) is 0 Å². The second-order valence-electron chi connectivity index (χ2n) is 3.36. The van der Waals surface area contributed by atoms with Gasteiger partial charge in [0.05, 0.1) is 5.69 Å². The third kappa shape index (κ3) is 4.53. The van der Waals surface area contributed by atoms with Crippen molar-refractivity contribution in [3.05, 3.63) is 27.1 Å². The van der Waals surface area contributed by atoms with Crippen LogP contribution in [0.5, 0.6) is 0 Å². The standard InChI is InChI=1S/C11H14Br2N2O/c1-2-3-6-14-11(16)15-10-7-8(12)4-5-9(10)13/h4-5,7H,2-3,6H2,1H3,(H2,14,15,16). The lowest BCUT2D eigenvalue weighted by Crippen LogP contribution is -2.29. The molecule has 2 N–H and O–H groups in total. The molecule has 0 radical (unpaired) electrons. The quantitative estimate of drug-likeness (QED) is 0.788. The average molecular weight is 350 g/mol. The van der Waals surface area contributed by atoms with E-state index in [0.717, 1.165) is 27.5 Å². The molecule has 0 aliphatic heterocycles. The number of unbranched alkanes of at least 4 members (excludes halogenated alkanes) is 1. The number of nitrogens with one attached hydrogen (secondary N) is 2. The Kier molecular flexibility index (Phi) is 5.84. The number of carbonyl (C=O) groups excluding carboxylic acids is 1. The van der Waals surface area contributed by atoms with Gasteiger partial charge in [-0.25, -0.2) is 4.79 Å². The molecule has 0 aliphatic carbocycles. The summed E-state index contributed by atoms with van der Waals surface area (Å²) in [5, 5.41) is 5.58. The van der Waals surface area contributed by atoms with Gasteiger partial charge in [-0.2, -0.15) is 0 Å². The first-order valence-electron chi connectivity index (χ1n) is 5.13. The van der Waals surface area contributed by atoms with Crippen LogP contribution >= 0.6 is 31.9 Å². The Labute approximate surface area is 112 Å². The van der Waals surface area contributed by atoms with Gasteiger partial charge in [0.25, 0.3) is 0 Å². The third-order valence-electron chi connectivity index (χ3n) is 1.99. The maximum absolute atomic E-state index is 11.5. The van der Waals surface area contributed by atoms with E-state index >= 15 is 0 Å². The lowest BCUT2D eigenvalue weighted by molar-refractivity contribution is 0.252. The molecule has 1 rings (SSSR count). The number of amides is 2. The molecule has 2 amide bonds. The van der Waals surface area contributed by atoms with Crippen molar-refractivity contribution in [2.45, 2.75) is 19.8 Å². The van der Waals surface area contributed by atoms with Crippen molar-refractivity contribution < 1.29 is 4.79 Å². The van der Waals surface area contributed by atoms with Crippen LogP contribution in [0.25, 0.3) is 0 Å². The van der Waals surface area contributed by atoms with E-state index in [1.165, 1.54) is 0 Å². The summed E-state index contributed by atoms with van der Waals surface area (Å²) in [7, 11) is 0. The Morgan fingerprint density at radius 3 is 2.81 bits per heavy atom. The summed E-state index contributed by atoms with van der Waals surface area (Å²) >= 11 is 6.73. The van der Waals surface area contributed by atoms with Gasteiger partial charge >= 0.3 is 6.03 Å². The average Bonchev–Trinajstić information content (AvgIpc) is 2.24. The summed E-state index contributed by atoms with van der Waals surface area (Å²) in [5.41, 5.74) is 0.753. The van der Waals surface area contributed by atoms with Crippen molar-refractivity contribution in [1.29, 1.82) is 0 Å². The molecular weight excluding hydrogens is 336 g/mol. The minimum Gasteiger partial charge on any atom is -0.338 e. The first kappa shape index (κ1) is 13.5. The highest BCUT2D eigenvalue weighted by molar-refractivity contribution is 9.11. The molecule has 3 nitrogen and oxygen atoms in total. The van der Waals surface area contributed by atoms with Crippen molar-refractivity contribution >= 4 is 43.6 Å². The van der Waals surface area contributed by atoms with Crippen molar-refractivity contribution in [3.63, 3.8) is 0 Å². The molecule has 1 aromatic rings.